The van der Waals surface area contributed by atoms with Crippen LogP contribution in [-0.2, 0) is 0 Å². The van der Waals surface area contributed by atoms with Crippen molar-refractivity contribution in [3.8, 4) is 6.07 Å². The van der Waals surface area contributed by atoms with E-state index in [1.165, 1.54) is 0 Å². The van der Waals surface area contributed by atoms with Crippen molar-refractivity contribution in [1.82, 2.24) is 15.2 Å². The fourth-order valence-corrected chi connectivity index (χ4v) is 3.35. The zero-order valence-electron chi connectivity index (χ0n) is 15.1. The van der Waals surface area contributed by atoms with Gasteiger partial charge in [-0.15, -0.1) is 5.10 Å². The van der Waals surface area contributed by atoms with Crippen LogP contribution < -0.4 is 15.1 Å². The average molecular weight is 392 g/mol. The molecule has 4 rings (SSSR count). The highest BCUT2D eigenvalue weighted by Crippen LogP contribution is 2.23. The van der Waals surface area contributed by atoms with Gasteiger partial charge in [0.15, 0.2) is 5.82 Å². The topological polar surface area (TPSA) is 81.0 Å². The van der Waals surface area contributed by atoms with Crippen molar-refractivity contribution in [2.75, 3.05) is 41.3 Å². The maximum atomic E-state index is 9.02. The number of benzene rings is 2. The first-order chi connectivity index (χ1) is 13.7. The molecule has 1 fully saturated rings. The molecule has 1 N–H and O–H groups in total. The quantitative estimate of drug-likeness (QED) is 0.729. The minimum atomic E-state index is 0.407. The molecule has 8 heteroatoms. The lowest BCUT2D eigenvalue weighted by Crippen LogP contribution is -2.46. The van der Waals surface area contributed by atoms with Gasteiger partial charge in [-0.2, -0.15) is 15.3 Å². The van der Waals surface area contributed by atoms with E-state index in [9.17, 15) is 0 Å². The number of nitriles is 1. The van der Waals surface area contributed by atoms with Crippen LogP contribution in [0.4, 0.5) is 23.1 Å². The van der Waals surface area contributed by atoms with E-state index in [4.69, 9.17) is 16.9 Å². The Labute approximate surface area is 168 Å². The highest BCUT2D eigenvalue weighted by Gasteiger charge is 2.19. The third kappa shape index (κ3) is 4.13. The van der Waals surface area contributed by atoms with Crippen molar-refractivity contribution in [2.24, 2.45) is 0 Å². The molecular weight excluding hydrogens is 374 g/mol. The van der Waals surface area contributed by atoms with Crippen LogP contribution in [0.15, 0.2) is 54.7 Å². The molecule has 0 saturated carbocycles. The van der Waals surface area contributed by atoms with Gasteiger partial charge < -0.3 is 15.1 Å². The Hall–Kier alpha value is -3.37. The first-order valence-corrected chi connectivity index (χ1v) is 9.31. The maximum absolute atomic E-state index is 9.02. The number of rotatable bonds is 4. The number of nitrogens with zero attached hydrogens (tertiary/aromatic N) is 6. The summed E-state index contributed by atoms with van der Waals surface area (Å²) in [5.74, 6) is 1.18. The summed E-state index contributed by atoms with van der Waals surface area (Å²) in [5.41, 5.74) is 2.46. The van der Waals surface area contributed by atoms with Gasteiger partial charge in [-0.25, -0.2) is 0 Å². The lowest BCUT2D eigenvalue weighted by Gasteiger charge is -2.36. The largest absolute Gasteiger partial charge is 0.368 e. The number of anilines is 4. The second-order valence-electron chi connectivity index (χ2n) is 6.41. The minimum absolute atomic E-state index is 0.407. The number of hydrogen-bond acceptors (Lipinski definition) is 7. The van der Waals surface area contributed by atoms with E-state index >= 15 is 0 Å². The van der Waals surface area contributed by atoms with Crippen LogP contribution in [-0.4, -0.2) is 41.4 Å². The van der Waals surface area contributed by atoms with Crippen molar-refractivity contribution in [3.63, 3.8) is 0 Å². The Kier molecular flexibility index (Phi) is 5.22. The van der Waals surface area contributed by atoms with E-state index in [1.807, 2.05) is 30.3 Å². The van der Waals surface area contributed by atoms with Gasteiger partial charge in [0.25, 0.3) is 0 Å². The zero-order chi connectivity index (χ0) is 19.3. The molecule has 0 atom stereocenters. The van der Waals surface area contributed by atoms with Gasteiger partial charge in [0.05, 0.1) is 17.8 Å². The SMILES string of the molecule is N#Cc1cccc(Nc2nncc(N3CCN(c4cccc(Cl)c4)CC3)n2)c1. The van der Waals surface area contributed by atoms with Crippen LogP contribution in [0.1, 0.15) is 5.56 Å². The van der Waals surface area contributed by atoms with E-state index < -0.39 is 0 Å². The maximum Gasteiger partial charge on any atom is 0.249 e. The molecule has 0 spiro atoms. The second kappa shape index (κ2) is 8.11. The first-order valence-electron chi connectivity index (χ1n) is 8.94. The molecule has 1 saturated heterocycles. The third-order valence-corrected chi connectivity index (χ3v) is 4.81. The van der Waals surface area contributed by atoms with Crippen LogP contribution in [0.25, 0.3) is 0 Å². The van der Waals surface area contributed by atoms with E-state index in [2.05, 4.69) is 42.4 Å². The Morgan fingerprint density at radius 3 is 2.57 bits per heavy atom. The van der Waals surface area contributed by atoms with E-state index in [0.29, 0.717) is 11.5 Å². The Morgan fingerprint density at radius 2 is 1.79 bits per heavy atom. The minimum Gasteiger partial charge on any atom is -0.368 e. The van der Waals surface area contributed by atoms with Gasteiger partial charge >= 0.3 is 0 Å². The molecule has 1 aliphatic rings. The standard InChI is InChI=1S/C20H18ClN7/c21-16-4-2-6-18(12-16)27-7-9-28(10-8-27)19-14-23-26-20(25-19)24-17-5-1-3-15(11-17)13-22/h1-6,11-12,14H,7-10H2,(H,24,25,26). The number of halogens is 1. The highest BCUT2D eigenvalue weighted by atomic mass is 35.5. The molecule has 3 aromatic rings. The molecule has 28 heavy (non-hydrogen) atoms. The summed E-state index contributed by atoms with van der Waals surface area (Å²) in [5, 5.41) is 21.0. The molecule has 0 unspecified atom stereocenters. The summed E-state index contributed by atoms with van der Waals surface area (Å²) in [7, 11) is 0. The van der Waals surface area contributed by atoms with Crippen molar-refractivity contribution in [3.05, 3.63) is 65.3 Å². The molecule has 1 aliphatic heterocycles. The summed E-state index contributed by atoms with van der Waals surface area (Å²) in [6.07, 6.45) is 1.67. The van der Waals surface area contributed by atoms with Crippen molar-refractivity contribution < 1.29 is 0 Å². The third-order valence-electron chi connectivity index (χ3n) is 4.57. The van der Waals surface area contributed by atoms with Gasteiger partial charge in [0, 0.05) is 42.6 Å². The first kappa shape index (κ1) is 18.0. The van der Waals surface area contributed by atoms with Crippen molar-refractivity contribution in [1.29, 1.82) is 5.26 Å². The van der Waals surface area contributed by atoms with Gasteiger partial charge in [-0.1, -0.05) is 23.7 Å². The normalized spacial score (nSPS) is 13.9. The summed E-state index contributed by atoms with van der Waals surface area (Å²) in [6, 6.07) is 17.2. The lowest BCUT2D eigenvalue weighted by atomic mass is 10.2. The monoisotopic (exact) mass is 391 g/mol. The molecule has 0 radical (unpaired) electrons. The smallest absolute Gasteiger partial charge is 0.249 e. The zero-order valence-corrected chi connectivity index (χ0v) is 15.8. The van der Waals surface area contributed by atoms with Crippen LogP contribution >= 0.6 is 11.6 Å². The molecule has 2 heterocycles. The Bertz CT molecular complexity index is 1010. The Morgan fingerprint density at radius 1 is 1.00 bits per heavy atom. The van der Waals surface area contributed by atoms with Crippen LogP contribution in [0.2, 0.25) is 5.02 Å². The predicted molar refractivity (Wildman–Crippen MR) is 110 cm³/mol. The van der Waals surface area contributed by atoms with E-state index in [0.717, 1.165) is 48.4 Å². The summed E-state index contributed by atoms with van der Waals surface area (Å²) >= 11 is 6.10. The van der Waals surface area contributed by atoms with Crippen molar-refractivity contribution >= 4 is 34.7 Å². The predicted octanol–water partition coefficient (Wildman–Crippen LogP) is 3.47. The number of piperazine rings is 1. The highest BCUT2D eigenvalue weighted by molar-refractivity contribution is 6.30. The van der Waals surface area contributed by atoms with Gasteiger partial charge in [0.1, 0.15) is 0 Å². The molecule has 1 aromatic heterocycles. The number of aromatic nitrogens is 3. The molecule has 7 nitrogen and oxygen atoms in total. The lowest BCUT2D eigenvalue weighted by molar-refractivity contribution is 0.645. The average Bonchev–Trinajstić information content (AvgIpc) is 2.74. The summed E-state index contributed by atoms with van der Waals surface area (Å²) in [6.45, 7) is 3.40. The van der Waals surface area contributed by atoms with E-state index in [-0.39, 0.29) is 0 Å². The molecule has 0 amide bonds. The Balaban J connectivity index is 1.43. The van der Waals surface area contributed by atoms with Gasteiger partial charge in [-0.05, 0) is 36.4 Å². The molecule has 0 aliphatic carbocycles. The van der Waals surface area contributed by atoms with Crippen LogP contribution in [0.3, 0.4) is 0 Å². The number of nitrogens with one attached hydrogen (secondary N) is 1. The second-order valence-corrected chi connectivity index (χ2v) is 6.85. The van der Waals surface area contributed by atoms with Crippen LogP contribution in [0, 0.1) is 11.3 Å². The summed E-state index contributed by atoms with van der Waals surface area (Å²) < 4.78 is 0. The van der Waals surface area contributed by atoms with E-state index in [1.54, 1.807) is 18.3 Å². The number of hydrogen-bond donors (Lipinski definition) is 1. The van der Waals surface area contributed by atoms with Gasteiger partial charge in [0.2, 0.25) is 5.95 Å². The van der Waals surface area contributed by atoms with Crippen LogP contribution in [0.5, 0.6) is 0 Å². The molecular formula is C20H18ClN7. The fraction of sp³-hybridized carbons (Fsp3) is 0.200. The molecule has 0 bridgehead atoms. The fourth-order valence-electron chi connectivity index (χ4n) is 3.16. The molecule has 2 aromatic carbocycles. The van der Waals surface area contributed by atoms with Crippen molar-refractivity contribution in [2.45, 2.75) is 0 Å². The molecule has 140 valence electrons. The van der Waals surface area contributed by atoms with Gasteiger partial charge in [-0.3, -0.25) is 0 Å². The summed E-state index contributed by atoms with van der Waals surface area (Å²) in [4.78, 5) is 9.07.